The molecule has 2 rings (SSSR count). The maximum absolute atomic E-state index is 11.4. The number of nitrogen functional groups attached to an aromatic ring is 2. The van der Waals surface area contributed by atoms with E-state index in [2.05, 4.69) is 0 Å². The molecule has 0 unspecified atom stereocenters. The Labute approximate surface area is 198 Å². The predicted molar refractivity (Wildman–Crippen MR) is 92.5 cm³/mol. The van der Waals surface area contributed by atoms with E-state index in [0.29, 0.717) is 0 Å². The molecule has 0 aliphatic rings. The third-order valence-electron chi connectivity index (χ3n) is 3.07. The normalized spacial score (nSPS) is 11.6. The summed E-state index contributed by atoms with van der Waals surface area (Å²) in [4.78, 5) is -0.856. The Balaban J connectivity index is -0.00000156. The van der Waals surface area contributed by atoms with Crippen LogP contribution in [0.5, 0.6) is 0 Å². The van der Waals surface area contributed by atoms with Crippen LogP contribution in [0.15, 0.2) is 46.2 Å². The molecule has 0 heterocycles. The molecule has 0 bridgehead atoms. The van der Waals surface area contributed by atoms with Crippen LogP contribution < -0.4 is 70.6 Å². The summed E-state index contributed by atoms with van der Waals surface area (Å²) in [5, 5.41) is 0. The molecule has 0 fully saturated rings. The van der Waals surface area contributed by atoms with Gasteiger partial charge in [-0.15, -0.1) is 0 Å². The molecular weight excluding hydrogens is 402 g/mol. The fourth-order valence-corrected chi connectivity index (χ4v) is 3.44. The van der Waals surface area contributed by atoms with Gasteiger partial charge in [-0.1, -0.05) is 24.3 Å². The van der Waals surface area contributed by atoms with Crippen molar-refractivity contribution in [3.63, 3.8) is 0 Å². The van der Waals surface area contributed by atoms with Crippen molar-refractivity contribution < 1.29 is 87.9 Å². The van der Waals surface area contributed by atoms with Gasteiger partial charge in [-0.2, -0.15) is 16.8 Å². The molecular formula is C14H16N2Na2O6S2. The summed E-state index contributed by atoms with van der Waals surface area (Å²) in [5.74, 6) is 0. The van der Waals surface area contributed by atoms with Gasteiger partial charge in [0.05, 0.1) is 0 Å². The van der Waals surface area contributed by atoms with Crippen molar-refractivity contribution in [1.82, 2.24) is 0 Å². The van der Waals surface area contributed by atoms with Crippen molar-refractivity contribution in [3.8, 4) is 0 Å². The molecule has 132 valence electrons. The van der Waals surface area contributed by atoms with Gasteiger partial charge >= 0.3 is 59.1 Å². The van der Waals surface area contributed by atoms with Gasteiger partial charge in [-0.05, 0) is 35.4 Å². The SMILES string of the molecule is Nc1ccc(/C=C/c2ccc(N)cc2S(=O)(=O)O)c(S(=O)(=O)O)c1.[H-].[H-].[Na+].[Na+]. The van der Waals surface area contributed by atoms with Gasteiger partial charge < -0.3 is 14.3 Å². The van der Waals surface area contributed by atoms with E-state index < -0.39 is 30.0 Å². The van der Waals surface area contributed by atoms with Gasteiger partial charge in [0.25, 0.3) is 20.2 Å². The average molecular weight is 418 g/mol. The van der Waals surface area contributed by atoms with Crippen LogP contribution in [0, 0.1) is 0 Å². The van der Waals surface area contributed by atoms with Crippen molar-refractivity contribution in [2.75, 3.05) is 11.5 Å². The molecule has 0 spiro atoms. The smallest absolute Gasteiger partial charge is 1.00 e. The fraction of sp³-hybridized carbons (Fsp3) is 0. The summed E-state index contributed by atoms with van der Waals surface area (Å²) in [5.41, 5.74) is 11.4. The zero-order valence-corrected chi connectivity index (χ0v) is 19.8. The summed E-state index contributed by atoms with van der Waals surface area (Å²) < 4.78 is 64.1. The minimum atomic E-state index is -4.52. The van der Waals surface area contributed by atoms with Gasteiger partial charge in [-0.25, -0.2) is 0 Å². The topological polar surface area (TPSA) is 161 Å². The Hall–Kier alpha value is -0.400. The van der Waals surface area contributed by atoms with E-state index in [1.807, 2.05) is 0 Å². The van der Waals surface area contributed by atoms with E-state index in [-0.39, 0.29) is 84.5 Å². The van der Waals surface area contributed by atoms with E-state index in [1.54, 1.807) is 0 Å². The molecule has 26 heavy (non-hydrogen) atoms. The summed E-state index contributed by atoms with van der Waals surface area (Å²) in [7, 11) is -9.05. The van der Waals surface area contributed by atoms with Crippen LogP contribution in [0.4, 0.5) is 11.4 Å². The molecule has 0 saturated heterocycles. The first-order chi connectivity index (χ1) is 11.0. The summed E-state index contributed by atoms with van der Waals surface area (Å²) in [6, 6.07) is 7.67. The van der Waals surface area contributed by atoms with E-state index in [1.165, 1.54) is 36.4 Å². The maximum Gasteiger partial charge on any atom is 1.00 e. The molecule has 0 saturated carbocycles. The molecule has 0 aliphatic heterocycles. The van der Waals surface area contributed by atoms with E-state index in [0.717, 1.165) is 12.1 Å². The molecule has 0 radical (unpaired) electrons. The van der Waals surface area contributed by atoms with E-state index in [9.17, 15) is 25.9 Å². The second-order valence-corrected chi connectivity index (χ2v) is 7.66. The first-order valence-corrected chi connectivity index (χ1v) is 9.28. The fourth-order valence-electron chi connectivity index (χ4n) is 2.00. The van der Waals surface area contributed by atoms with Gasteiger partial charge in [0.15, 0.2) is 0 Å². The van der Waals surface area contributed by atoms with Gasteiger partial charge in [0.1, 0.15) is 9.79 Å². The van der Waals surface area contributed by atoms with Crippen LogP contribution in [0.1, 0.15) is 14.0 Å². The quantitative estimate of drug-likeness (QED) is 0.168. The van der Waals surface area contributed by atoms with Gasteiger partial charge in [0, 0.05) is 11.4 Å². The predicted octanol–water partition coefficient (Wildman–Crippen LogP) is -4.25. The molecule has 8 nitrogen and oxygen atoms in total. The molecule has 0 aliphatic carbocycles. The molecule has 0 atom stereocenters. The maximum atomic E-state index is 11.4. The Morgan fingerprint density at radius 3 is 1.31 bits per heavy atom. The number of hydrogen-bond acceptors (Lipinski definition) is 6. The molecule has 2 aromatic carbocycles. The third-order valence-corrected chi connectivity index (χ3v) is 4.89. The summed E-state index contributed by atoms with van der Waals surface area (Å²) in [6.07, 6.45) is 2.53. The second-order valence-electron chi connectivity index (χ2n) is 4.88. The Morgan fingerprint density at radius 1 is 0.731 bits per heavy atom. The van der Waals surface area contributed by atoms with Gasteiger partial charge in [0.2, 0.25) is 0 Å². The van der Waals surface area contributed by atoms with Crippen LogP contribution in [0.25, 0.3) is 12.2 Å². The number of nitrogens with two attached hydrogens (primary N) is 2. The molecule has 2 aromatic rings. The van der Waals surface area contributed by atoms with Crippen LogP contribution in [0.3, 0.4) is 0 Å². The molecule has 6 N–H and O–H groups in total. The van der Waals surface area contributed by atoms with Crippen LogP contribution in [0.2, 0.25) is 0 Å². The minimum Gasteiger partial charge on any atom is -1.00 e. The number of rotatable bonds is 4. The van der Waals surface area contributed by atoms with E-state index in [4.69, 9.17) is 11.5 Å². The zero-order valence-electron chi connectivity index (χ0n) is 16.1. The summed E-state index contributed by atoms with van der Waals surface area (Å²) in [6.45, 7) is 0. The van der Waals surface area contributed by atoms with Crippen molar-refractivity contribution in [2.24, 2.45) is 0 Å². The summed E-state index contributed by atoms with van der Waals surface area (Å²) >= 11 is 0. The monoisotopic (exact) mass is 418 g/mol. The number of anilines is 2. The second kappa shape index (κ2) is 9.69. The van der Waals surface area contributed by atoms with Crippen molar-refractivity contribution in [3.05, 3.63) is 47.5 Å². The van der Waals surface area contributed by atoms with Crippen LogP contribution >= 0.6 is 0 Å². The Morgan fingerprint density at radius 2 is 1.04 bits per heavy atom. The van der Waals surface area contributed by atoms with Crippen LogP contribution in [-0.4, -0.2) is 25.9 Å². The van der Waals surface area contributed by atoms with Crippen molar-refractivity contribution in [2.45, 2.75) is 9.79 Å². The van der Waals surface area contributed by atoms with E-state index >= 15 is 0 Å². The average Bonchev–Trinajstić information content (AvgIpc) is 2.45. The zero-order chi connectivity index (χ0) is 18.1. The molecule has 0 aromatic heterocycles. The Kier molecular flexibility index (Phi) is 9.54. The van der Waals surface area contributed by atoms with Gasteiger partial charge in [-0.3, -0.25) is 9.11 Å². The van der Waals surface area contributed by atoms with Crippen LogP contribution in [-0.2, 0) is 20.2 Å². The number of benzene rings is 2. The molecule has 12 heteroatoms. The standard InChI is InChI=1S/C14H14N2O6S2.2Na.2H/c15-11-5-3-9(13(7-11)23(17,18)19)1-2-10-4-6-12(16)8-14(10)24(20,21)22;;;;/h1-8H,15-16H2,(H,17,18,19)(H,20,21,22);;;;/q;2*+1;2*-1/b2-1+;;;;. The third kappa shape index (κ3) is 6.64. The minimum absolute atomic E-state index is 0. The molecule has 0 amide bonds. The first kappa shape index (κ1) is 25.6. The largest absolute Gasteiger partial charge is 1.00 e. The first-order valence-electron chi connectivity index (χ1n) is 6.40. The number of hydrogen-bond donors (Lipinski definition) is 4. The Bertz CT molecular complexity index is 964. The van der Waals surface area contributed by atoms with Crippen molar-refractivity contribution >= 4 is 43.8 Å². The van der Waals surface area contributed by atoms with Crippen molar-refractivity contribution in [1.29, 1.82) is 0 Å².